The number of H-pyrrole nitrogens is 1. The number of hydrogen-bond acceptors (Lipinski definition) is 4. The summed E-state index contributed by atoms with van der Waals surface area (Å²) in [5.41, 5.74) is 3.91. The van der Waals surface area contributed by atoms with Crippen LogP contribution >= 0.6 is 0 Å². The van der Waals surface area contributed by atoms with Gasteiger partial charge in [-0.3, -0.25) is 4.79 Å². The summed E-state index contributed by atoms with van der Waals surface area (Å²) in [5.74, 6) is 0.696. The highest BCUT2D eigenvalue weighted by Gasteiger charge is 2.24. The van der Waals surface area contributed by atoms with Crippen LogP contribution in [0.3, 0.4) is 0 Å². The van der Waals surface area contributed by atoms with Crippen molar-refractivity contribution < 1.29 is 4.79 Å². The molecule has 1 fully saturated rings. The minimum absolute atomic E-state index is 0.0299. The molecule has 0 aliphatic carbocycles. The number of anilines is 1. The molecule has 1 aromatic carbocycles. The number of hydrogen-bond donors (Lipinski definition) is 2. The summed E-state index contributed by atoms with van der Waals surface area (Å²) in [5, 5.41) is 4.31. The van der Waals surface area contributed by atoms with Crippen LogP contribution in [0.5, 0.6) is 0 Å². The second-order valence-electron chi connectivity index (χ2n) is 6.91. The Morgan fingerprint density at radius 1 is 1.23 bits per heavy atom. The van der Waals surface area contributed by atoms with Crippen LogP contribution in [-0.2, 0) is 0 Å². The molecule has 26 heavy (non-hydrogen) atoms. The molecule has 134 valence electrons. The van der Waals surface area contributed by atoms with Gasteiger partial charge in [0.05, 0.1) is 11.1 Å². The zero-order chi connectivity index (χ0) is 18.1. The number of carbonyl (C=O) groups is 1. The third-order valence-corrected chi connectivity index (χ3v) is 5.18. The number of rotatable bonds is 3. The second kappa shape index (κ2) is 6.78. The molecule has 0 radical (unpaired) electrons. The molecule has 1 aliphatic heterocycles. The normalized spacial score (nSPS) is 17.5. The highest BCUT2D eigenvalue weighted by atomic mass is 16.1. The van der Waals surface area contributed by atoms with Gasteiger partial charge in [0, 0.05) is 42.6 Å². The van der Waals surface area contributed by atoms with Gasteiger partial charge in [-0.2, -0.15) is 0 Å². The van der Waals surface area contributed by atoms with Crippen molar-refractivity contribution in [3.05, 3.63) is 53.5 Å². The number of aryl methyl sites for hydroxylation is 2. The maximum Gasteiger partial charge on any atom is 0.253 e. The van der Waals surface area contributed by atoms with Gasteiger partial charge in [0.1, 0.15) is 0 Å². The SMILES string of the molecule is Cc1[nH]c2c(C(=O)NC3CCCN(c4ncccn4)C3)cccc2c1C. The molecule has 1 unspecified atom stereocenters. The summed E-state index contributed by atoms with van der Waals surface area (Å²) in [7, 11) is 0. The van der Waals surface area contributed by atoms with Crippen molar-refractivity contribution in [2.45, 2.75) is 32.7 Å². The van der Waals surface area contributed by atoms with Crippen molar-refractivity contribution in [3.8, 4) is 0 Å². The fraction of sp³-hybridized carbons (Fsp3) is 0.350. The predicted octanol–water partition coefficient (Wildman–Crippen LogP) is 2.97. The first kappa shape index (κ1) is 16.6. The Hall–Kier alpha value is -2.89. The zero-order valence-corrected chi connectivity index (χ0v) is 15.1. The standard InChI is InChI=1S/C20H23N5O/c1-13-14(2)23-18-16(13)7-3-8-17(18)19(26)24-15-6-4-11-25(12-15)20-21-9-5-10-22-20/h3,5,7-10,15,23H,4,6,11-12H2,1-2H3,(H,24,26). The minimum Gasteiger partial charge on any atom is -0.358 e. The van der Waals surface area contributed by atoms with Gasteiger partial charge in [-0.25, -0.2) is 9.97 Å². The Morgan fingerprint density at radius 2 is 2.04 bits per heavy atom. The van der Waals surface area contributed by atoms with Crippen LogP contribution in [0.2, 0.25) is 0 Å². The molecular weight excluding hydrogens is 326 g/mol. The quantitative estimate of drug-likeness (QED) is 0.762. The number of nitrogens with zero attached hydrogens (tertiary/aromatic N) is 3. The summed E-state index contributed by atoms with van der Waals surface area (Å²) < 4.78 is 0. The topological polar surface area (TPSA) is 73.9 Å². The summed E-state index contributed by atoms with van der Waals surface area (Å²) in [6.45, 7) is 5.76. The Bertz CT molecular complexity index is 934. The molecule has 2 N–H and O–H groups in total. The van der Waals surface area contributed by atoms with E-state index in [1.807, 2.05) is 25.1 Å². The summed E-state index contributed by atoms with van der Waals surface area (Å²) in [6.07, 6.45) is 5.48. The van der Waals surface area contributed by atoms with Crippen LogP contribution in [-0.4, -0.2) is 40.0 Å². The van der Waals surface area contributed by atoms with Gasteiger partial charge in [0.2, 0.25) is 5.95 Å². The first-order valence-electron chi connectivity index (χ1n) is 9.04. The molecule has 0 bridgehead atoms. The van der Waals surface area contributed by atoms with Crippen molar-refractivity contribution in [1.29, 1.82) is 0 Å². The van der Waals surface area contributed by atoms with E-state index in [-0.39, 0.29) is 11.9 Å². The summed E-state index contributed by atoms with van der Waals surface area (Å²) in [4.78, 5) is 27.1. The maximum absolute atomic E-state index is 12.9. The van der Waals surface area contributed by atoms with E-state index < -0.39 is 0 Å². The molecule has 3 heterocycles. The number of piperidine rings is 1. The largest absolute Gasteiger partial charge is 0.358 e. The van der Waals surface area contributed by atoms with E-state index >= 15 is 0 Å². The Labute approximate surface area is 152 Å². The number of carbonyl (C=O) groups excluding carboxylic acids is 1. The number of nitrogens with one attached hydrogen (secondary N) is 2. The third-order valence-electron chi connectivity index (χ3n) is 5.18. The number of para-hydroxylation sites is 1. The van der Waals surface area contributed by atoms with Gasteiger partial charge >= 0.3 is 0 Å². The van der Waals surface area contributed by atoms with Crippen molar-refractivity contribution in [2.24, 2.45) is 0 Å². The third kappa shape index (κ3) is 3.03. The van der Waals surface area contributed by atoms with Crippen molar-refractivity contribution >= 4 is 22.8 Å². The number of aromatic nitrogens is 3. The van der Waals surface area contributed by atoms with Gasteiger partial charge in [-0.15, -0.1) is 0 Å². The van der Waals surface area contributed by atoms with E-state index in [9.17, 15) is 4.79 Å². The second-order valence-corrected chi connectivity index (χ2v) is 6.91. The molecule has 6 heteroatoms. The maximum atomic E-state index is 12.9. The van der Waals surface area contributed by atoms with E-state index in [1.165, 1.54) is 5.56 Å². The average molecular weight is 349 g/mol. The predicted molar refractivity (Wildman–Crippen MR) is 103 cm³/mol. The number of fused-ring (bicyclic) bond motifs is 1. The molecule has 1 atom stereocenters. The van der Waals surface area contributed by atoms with Crippen LogP contribution in [0.4, 0.5) is 5.95 Å². The number of amides is 1. The van der Waals surface area contributed by atoms with E-state index in [0.29, 0.717) is 5.56 Å². The van der Waals surface area contributed by atoms with Gasteiger partial charge < -0.3 is 15.2 Å². The molecule has 2 aromatic heterocycles. The zero-order valence-electron chi connectivity index (χ0n) is 15.1. The fourth-order valence-corrected chi connectivity index (χ4v) is 3.67. The molecule has 1 saturated heterocycles. The van der Waals surface area contributed by atoms with Crippen LogP contribution < -0.4 is 10.2 Å². The highest BCUT2D eigenvalue weighted by molar-refractivity contribution is 6.06. The van der Waals surface area contributed by atoms with Crippen LogP contribution in [0.15, 0.2) is 36.7 Å². The van der Waals surface area contributed by atoms with E-state index in [4.69, 9.17) is 0 Å². The van der Waals surface area contributed by atoms with Crippen LogP contribution in [0, 0.1) is 13.8 Å². The lowest BCUT2D eigenvalue weighted by molar-refractivity contribution is 0.0934. The molecule has 0 spiro atoms. The first-order valence-corrected chi connectivity index (χ1v) is 9.04. The molecular formula is C20H23N5O. The van der Waals surface area contributed by atoms with E-state index in [2.05, 4.69) is 38.2 Å². The van der Waals surface area contributed by atoms with Crippen molar-refractivity contribution in [3.63, 3.8) is 0 Å². The van der Waals surface area contributed by atoms with Gasteiger partial charge in [-0.1, -0.05) is 12.1 Å². The lowest BCUT2D eigenvalue weighted by Crippen LogP contribution is -2.48. The van der Waals surface area contributed by atoms with Crippen LogP contribution in [0.1, 0.15) is 34.5 Å². The lowest BCUT2D eigenvalue weighted by atomic mass is 10.0. The summed E-state index contributed by atoms with van der Waals surface area (Å²) >= 11 is 0. The van der Waals surface area contributed by atoms with Crippen LogP contribution in [0.25, 0.3) is 10.9 Å². The number of aromatic amines is 1. The Kier molecular flexibility index (Phi) is 4.32. The van der Waals surface area contributed by atoms with E-state index in [0.717, 1.165) is 48.5 Å². The van der Waals surface area contributed by atoms with Gasteiger partial charge in [0.25, 0.3) is 5.91 Å². The average Bonchev–Trinajstić information content (AvgIpc) is 2.97. The summed E-state index contributed by atoms with van der Waals surface area (Å²) in [6, 6.07) is 7.79. The van der Waals surface area contributed by atoms with Gasteiger partial charge in [0.15, 0.2) is 0 Å². The molecule has 1 amide bonds. The highest BCUT2D eigenvalue weighted by Crippen LogP contribution is 2.24. The fourth-order valence-electron chi connectivity index (χ4n) is 3.67. The van der Waals surface area contributed by atoms with Crippen molar-refractivity contribution in [2.75, 3.05) is 18.0 Å². The van der Waals surface area contributed by atoms with Gasteiger partial charge in [-0.05, 0) is 44.4 Å². The monoisotopic (exact) mass is 349 g/mol. The molecule has 0 saturated carbocycles. The first-order chi connectivity index (χ1) is 12.6. The van der Waals surface area contributed by atoms with Crippen molar-refractivity contribution in [1.82, 2.24) is 20.3 Å². The number of benzene rings is 1. The molecule has 6 nitrogen and oxygen atoms in total. The lowest BCUT2D eigenvalue weighted by Gasteiger charge is -2.33. The molecule has 1 aliphatic rings. The molecule has 4 rings (SSSR count). The minimum atomic E-state index is -0.0299. The molecule has 3 aromatic rings. The smallest absolute Gasteiger partial charge is 0.253 e. The van der Waals surface area contributed by atoms with E-state index in [1.54, 1.807) is 12.4 Å². The Balaban J connectivity index is 1.52. The Morgan fingerprint density at radius 3 is 2.85 bits per heavy atom.